The molecular formula is C9H18F2O. The van der Waals surface area contributed by atoms with Gasteiger partial charge in [-0.2, -0.15) is 8.78 Å². The first-order valence-corrected chi connectivity index (χ1v) is 4.17. The van der Waals surface area contributed by atoms with Gasteiger partial charge in [-0.1, -0.05) is 34.6 Å². The summed E-state index contributed by atoms with van der Waals surface area (Å²) in [6, 6.07) is 0. The first kappa shape index (κ1) is 11.8. The van der Waals surface area contributed by atoms with Crippen molar-refractivity contribution in [3.05, 3.63) is 0 Å². The summed E-state index contributed by atoms with van der Waals surface area (Å²) in [5.41, 5.74) is -0.577. The van der Waals surface area contributed by atoms with E-state index in [-0.39, 0.29) is 5.92 Å². The van der Waals surface area contributed by atoms with Crippen LogP contribution in [0.4, 0.5) is 8.78 Å². The van der Waals surface area contributed by atoms with Crippen LogP contribution >= 0.6 is 0 Å². The highest BCUT2D eigenvalue weighted by atomic mass is 19.3. The summed E-state index contributed by atoms with van der Waals surface area (Å²) in [4.78, 5) is 0. The lowest BCUT2D eigenvalue weighted by molar-refractivity contribution is -0.267. The molecule has 0 amide bonds. The van der Waals surface area contributed by atoms with Crippen LogP contribution in [-0.2, 0) is 0 Å². The SMILES string of the molecule is CC(C)C(C(C)(C)C)C(O)(F)F. The fourth-order valence-corrected chi connectivity index (χ4v) is 1.92. The van der Waals surface area contributed by atoms with Crippen molar-refractivity contribution < 1.29 is 13.9 Å². The summed E-state index contributed by atoms with van der Waals surface area (Å²) < 4.78 is 25.4. The molecule has 0 aromatic heterocycles. The second-order valence-electron chi connectivity index (χ2n) is 4.68. The Kier molecular flexibility index (Phi) is 3.24. The average molecular weight is 180 g/mol. The Morgan fingerprint density at radius 1 is 1.08 bits per heavy atom. The van der Waals surface area contributed by atoms with E-state index in [2.05, 4.69) is 0 Å². The summed E-state index contributed by atoms with van der Waals surface area (Å²) in [6.07, 6.45) is -3.58. The largest absolute Gasteiger partial charge is 0.356 e. The van der Waals surface area contributed by atoms with Crippen molar-refractivity contribution in [1.29, 1.82) is 0 Å². The molecule has 0 rings (SSSR count). The topological polar surface area (TPSA) is 20.2 Å². The van der Waals surface area contributed by atoms with E-state index in [1.165, 1.54) is 0 Å². The minimum Gasteiger partial charge on any atom is -0.336 e. The van der Waals surface area contributed by atoms with Crippen LogP contribution in [-0.4, -0.2) is 11.2 Å². The number of hydrogen-bond donors (Lipinski definition) is 1. The lowest BCUT2D eigenvalue weighted by atomic mass is 9.73. The summed E-state index contributed by atoms with van der Waals surface area (Å²) >= 11 is 0. The van der Waals surface area contributed by atoms with E-state index in [4.69, 9.17) is 5.11 Å². The molecule has 74 valence electrons. The highest BCUT2D eigenvalue weighted by Crippen LogP contribution is 2.41. The molecule has 0 spiro atoms. The highest BCUT2D eigenvalue weighted by Gasteiger charge is 2.46. The molecule has 0 aliphatic carbocycles. The number of rotatable bonds is 2. The first-order chi connectivity index (χ1) is 5.07. The van der Waals surface area contributed by atoms with E-state index < -0.39 is 17.4 Å². The molecule has 0 aromatic carbocycles. The fourth-order valence-electron chi connectivity index (χ4n) is 1.92. The van der Waals surface area contributed by atoms with Gasteiger partial charge >= 0.3 is 6.11 Å². The van der Waals surface area contributed by atoms with Crippen LogP contribution in [0.3, 0.4) is 0 Å². The summed E-state index contributed by atoms with van der Waals surface area (Å²) in [5.74, 6) is -1.23. The average Bonchev–Trinajstić information content (AvgIpc) is 1.49. The predicted molar refractivity (Wildman–Crippen MR) is 44.9 cm³/mol. The van der Waals surface area contributed by atoms with Gasteiger partial charge in [0.1, 0.15) is 0 Å². The van der Waals surface area contributed by atoms with Crippen molar-refractivity contribution >= 4 is 0 Å². The minimum absolute atomic E-state index is 0.231. The maximum absolute atomic E-state index is 12.7. The van der Waals surface area contributed by atoms with Gasteiger partial charge in [0.25, 0.3) is 0 Å². The summed E-state index contributed by atoms with van der Waals surface area (Å²) in [5, 5.41) is 8.65. The van der Waals surface area contributed by atoms with Crippen molar-refractivity contribution in [3.8, 4) is 0 Å². The third-order valence-corrected chi connectivity index (χ3v) is 1.97. The Morgan fingerprint density at radius 3 is 1.42 bits per heavy atom. The molecule has 3 heteroatoms. The molecule has 0 aromatic rings. The summed E-state index contributed by atoms with van der Waals surface area (Å²) in [6.45, 7) is 8.52. The second kappa shape index (κ2) is 3.29. The van der Waals surface area contributed by atoms with Crippen molar-refractivity contribution in [1.82, 2.24) is 0 Å². The van der Waals surface area contributed by atoms with Gasteiger partial charge in [0, 0.05) is 0 Å². The molecule has 0 fully saturated rings. The standard InChI is InChI=1S/C9H18F2O/c1-6(2)7(8(3,4)5)9(10,11)12/h6-7,12H,1-5H3. The van der Waals surface area contributed by atoms with E-state index >= 15 is 0 Å². The Balaban J connectivity index is 4.70. The second-order valence-corrected chi connectivity index (χ2v) is 4.68. The Labute approximate surface area is 72.8 Å². The van der Waals surface area contributed by atoms with Crippen LogP contribution in [0.15, 0.2) is 0 Å². The third-order valence-electron chi connectivity index (χ3n) is 1.97. The van der Waals surface area contributed by atoms with Gasteiger partial charge in [0.15, 0.2) is 0 Å². The number of halogens is 2. The predicted octanol–water partition coefficient (Wildman–Crippen LogP) is 2.89. The molecule has 0 bridgehead atoms. The molecule has 1 N–H and O–H groups in total. The maximum atomic E-state index is 12.7. The van der Waals surface area contributed by atoms with E-state index in [0.717, 1.165) is 0 Å². The van der Waals surface area contributed by atoms with Gasteiger partial charge in [-0.15, -0.1) is 0 Å². The maximum Gasteiger partial charge on any atom is 0.356 e. The first-order valence-electron chi connectivity index (χ1n) is 4.17. The van der Waals surface area contributed by atoms with Crippen LogP contribution in [0.25, 0.3) is 0 Å². The Morgan fingerprint density at radius 2 is 1.42 bits per heavy atom. The lowest BCUT2D eigenvalue weighted by Gasteiger charge is -2.36. The van der Waals surface area contributed by atoms with Crippen LogP contribution in [0, 0.1) is 17.3 Å². The molecule has 1 unspecified atom stereocenters. The Hall–Kier alpha value is -0.180. The molecular weight excluding hydrogens is 162 g/mol. The number of alkyl halides is 2. The van der Waals surface area contributed by atoms with Crippen LogP contribution in [0.2, 0.25) is 0 Å². The number of aliphatic hydroxyl groups is 1. The van der Waals surface area contributed by atoms with Gasteiger partial charge in [-0.05, 0) is 11.3 Å². The van der Waals surface area contributed by atoms with Gasteiger partial charge in [-0.3, -0.25) is 0 Å². The van der Waals surface area contributed by atoms with E-state index in [1.54, 1.807) is 34.6 Å². The molecule has 0 radical (unpaired) electrons. The van der Waals surface area contributed by atoms with Gasteiger partial charge in [0.05, 0.1) is 5.92 Å². The van der Waals surface area contributed by atoms with E-state index in [9.17, 15) is 8.78 Å². The van der Waals surface area contributed by atoms with Crippen LogP contribution in [0.1, 0.15) is 34.6 Å². The third kappa shape index (κ3) is 3.05. The highest BCUT2D eigenvalue weighted by molar-refractivity contribution is 4.81. The zero-order chi connectivity index (χ0) is 10.2. The van der Waals surface area contributed by atoms with Crippen molar-refractivity contribution in [3.63, 3.8) is 0 Å². The molecule has 1 nitrogen and oxygen atoms in total. The van der Waals surface area contributed by atoms with Crippen molar-refractivity contribution in [2.45, 2.75) is 40.7 Å². The molecule has 0 aliphatic heterocycles. The molecule has 0 saturated carbocycles. The van der Waals surface area contributed by atoms with Gasteiger partial charge in [-0.25, -0.2) is 0 Å². The lowest BCUT2D eigenvalue weighted by Crippen LogP contribution is -2.41. The molecule has 0 heterocycles. The zero-order valence-corrected chi connectivity index (χ0v) is 8.36. The molecule has 12 heavy (non-hydrogen) atoms. The van der Waals surface area contributed by atoms with E-state index in [1.807, 2.05) is 0 Å². The molecule has 0 aliphatic rings. The van der Waals surface area contributed by atoms with Gasteiger partial charge < -0.3 is 5.11 Å². The quantitative estimate of drug-likeness (QED) is 0.692. The smallest absolute Gasteiger partial charge is 0.336 e. The summed E-state index contributed by atoms with van der Waals surface area (Å²) in [7, 11) is 0. The minimum atomic E-state index is -3.58. The van der Waals surface area contributed by atoms with E-state index in [0.29, 0.717) is 0 Å². The van der Waals surface area contributed by atoms with Crippen molar-refractivity contribution in [2.24, 2.45) is 17.3 Å². The van der Waals surface area contributed by atoms with Crippen molar-refractivity contribution in [2.75, 3.05) is 0 Å². The van der Waals surface area contributed by atoms with Crippen LogP contribution < -0.4 is 0 Å². The monoisotopic (exact) mass is 180 g/mol. The van der Waals surface area contributed by atoms with Crippen LogP contribution in [0.5, 0.6) is 0 Å². The Bertz CT molecular complexity index is 128. The fraction of sp³-hybridized carbons (Fsp3) is 1.00. The zero-order valence-electron chi connectivity index (χ0n) is 8.36. The normalized spacial score (nSPS) is 16.8. The number of hydrogen-bond acceptors (Lipinski definition) is 1. The molecule has 0 saturated heterocycles. The molecule has 1 atom stereocenters. The van der Waals surface area contributed by atoms with Gasteiger partial charge in [0.2, 0.25) is 0 Å².